The number of aromatic nitrogens is 2. The summed E-state index contributed by atoms with van der Waals surface area (Å²) in [7, 11) is -4.18. The molecule has 1 aromatic heterocycles. The first kappa shape index (κ1) is 19.4. The number of benzene rings is 2. The molecule has 0 aliphatic heterocycles. The molecule has 10 heteroatoms. The Bertz CT molecular complexity index is 1120. The summed E-state index contributed by atoms with van der Waals surface area (Å²) >= 11 is 6.09. The standard InChI is InChI=1S/C17H13ClF3N3O2S/c1-10-6-7-11(8-12(10)18)16-23-15(17(19,20)21)9-24(16)13-4-2-3-5-14(13)27(22,25)26/h2-9H,1H3,(H2,22,25,26). The fourth-order valence-electron chi connectivity index (χ4n) is 2.53. The van der Waals surface area contributed by atoms with Gasteiger partial charge < -0.3 is 0 Å². The highest BCUT2D eigenvalue weighted by atomic mass is 35.5. The van der Waals surface area contributed by atoms with E-state index < -0.39 is 21.9 Å². The average Bonchev–Trinajstić information content (AvgIpc) is 3.02. The van der Waals surface area contributed by atoms with Crippen molar-refractivity contribution in [2.45, 2.75) is 18.0 Å². The monoisotopic (exact) mass is 415 g/mol. The van der Waals surface area contributed by atoms with Gasteiger partial charge in [0, 0.05) is 16.8 Å². The van der Waals surface area contributed by atoms with Gasteiger partial charge in [-0.3, -0.25) is 4.57 Å². The number of para-hydroxylation sites is 1. The molecule has 142 valence electrons. The molecule has 1 heterocycles. The van der Waals surface area contributed by atoms with Crippen molar-refractivity contribution < 1.29 is 21.6 Å². The van der Waals surface area contributed by atoms with Crippen LogP contribution in [0.1, 0.15) is 11.3 Å². The van der Waals surface area contributed by atoms with Crippen molar-refractivity contribution in [1.82, 2.24) is 9.55 Å². The minimum atomic E-state index is -4.72. The zero-order valence-corrected chi connectivity index (χ0v) is 15.4. The van der Waals surface area contributed by atoms with Crippen LogP contribution in [-0.4, -0.2) is 18.0 Å². The van der Waals surface area contributed by atoms with Crippen LogP contribution in [0.3, 0.4) is 0 Å². The Morgan fingerprint density at radius 2 is 1.81 bits per heavy atom. The van der Waals surface area contributed by atoms with Crippen LogP contribution in [0.15, 0.2) is 53.6 Å². The highest BCUT2D eigenvalue weighted by Crippen LogP contribution is 2.34. The second-order valence-electron chi connectivity index (χ2n) is 5.79. The maximum absolute atomic E-state index is 13.2. The summed E-state index contributed by atoms with van der Waals surface area (Å²) < 4.78 is 64.5. The lowest BCUT2D eigenvalue weighted by molar-refractivity contribution is -0.140. The van der Waals surface area contributed by atoms with E-state index in [2.05, 4.69) is 4.98 Å². The number of halogens is 4. The SMILES string of the molecule is Cc1ccc(-c2nc(C(F)(F)F)cn2-c2ccccc2S(N)(=O)=O)cc1Cl. The maximum Gasteiger partial charge on any atom is 0.434 e. The summed E-state index contributed by atoms with van der Waals surface area (Å²) in [5.41, 5.74) is -0.182. The highest BCUT2D eigenvalue weighted by Gasteiger charge is 2.35. The van der Waals surface area contributed by atoms with E-state index >= 15 is 0 Å². The smallest absolute Gasteiger partial charge is 0.298 e. The average molecular weight is 416 g/mol. The van der Waals surface area contributed by atoms with Crippen molar-refractivity contribution in [2.24, 2.45) is 5.14 Å². The molecule has 3 aromatic rings. The topological polar surface area (TPSA) is 78.0 Å². The Balaban J connectivity index is 2.34. The molecular weight excluding hydrogens is 403 g/mol. The lowest BCUT2D eigenvalue weighted by Crippen LogP contribution is -2.15. The van der Waals surface area contributed by atoms with Crippen LogP contribution >= 0.6 is 11.6 Å². The molecule has 2 aromatic carbocycles. The van der Waals surface area contributed by atoms with Crippen molar-refractivity contribution in [1.29, 1.82) is 0 Å². The molecule has 0 bridgehead atoms. The van der Waals surface area contributed by atoms with Gasteiger partial charge in [-0.15, -0.1) is 0 Å². The van der Waals surface area contributed by atoms with Gasteiger partial charge in [-0.05, 0) is 30.7 Å². The minimum Gasteiger partial charge on any atom is -0.298 e. The third-order valence-electron chi connectivity index (χ3n) is 3.86. The molecule has 27 heavy (non-hydrogen) atoms. The molecule has 0 unspecified atom stereocenters. The molecule has 0 atom stereocenters. The Morgan fingerprint density at radius 1 is 1.15 bits per heavy atom. The number of nitrogens with two attached hydrogens (primary N) is 1. The molecule has 0 radical (unpaired) electrons. The Labute approximate surface area is 158 Å². The molecule has 0 fully saturated rings. The van der Waals surface area contributed by atoms with E-state index in [0.717, 1.165) is 16.3 Å². The first-order chi connectivity index (χ1) is 12.5. The van der Waals surface area contributed by atoms with E-state index in [1.807, 2.05) is 0 Å². The van der Waals surface area contributed by atoms with Crippen molar-refractivity contribution in [3.05, 3.63) is 64.9 Å². The van der Waals surface area contributed by atoms with Gasteiger partial charge in [-0.2, -0.15) is 13.2 Å². The predicted octanol–water partition coefficient (Wildman–Crippen LogP) is 4.17. The van der Waals surface area contributed by atoms with Gasteiger partial charge in [-0.1, -0.05) is 35.9 Å². The van der Waals surface area contributed by atoms with Crippen LogP contribution in [0, 0.1) is 6.92 Å². The van der Waals surface area contributed by atoms with Gasteiger partial charge in [0.1, 0.15) is 10.7 Å². The molecule has 0 spiro atoms. The van der Waals surface area contributed by atoms with E-state index in [0.29, 0.717) is 10.6 Å². The summed E-state index contributed by atoms with van der Waals surface area (Å²) in [5, 5.41) is 5.56. The van der Waals surface area contributed by atoms with Gasteiger partial charge in [0.25, 0.3) is 0 Å². The molecule has 0 aliphatic carbocycles. The molecule has 0 aliphatic rings. The third kappa shape index (κ3) is 3.85. The molecule has 0 amide bonds. The first-order valence-corrected chi connectivity index (χ1v) is 9.46. The zero-order valence-electron chi connectivity index (χ0n) is 13.8. The lowest BCUT2D eigenvalue weighted by Gasteiger charge is -2.12. The lowest BCUT2D eigenvalue weighted by atomic mass is 10.1. The normalized spacial score (nSPS) is 12.4. The number of rotatable bonds is 3. The largest absolute Gasteiger partial charge is 0.434 e. The summed E-state index contributed by atoms with van der Waals surface area (Å²) in [6.45, 7) is 1.75. The molecule has 3 rings (SSSR count). The molecule has 5 nitrogen and oxygen atoms in total. The number of hydrogen-bond acceptors (Lipinski definition) is 3. The molecule has 2 N–H and O–H groups in total. The van der Waals surface area contributed by atoms with E-state index in [9.17, 15) is 21.6 Å². The van der Waals surface area contributed by atoms with Gasteiger partial charge >= 0.3 is 6.18 Å². The number of imidazole rings is 1. The third-order valence-corrected chi connectivity index (χ3v) is 5.22. The number of sulfonamides is 1. The number of nitrogens with zero attached hydrogens (tertiary/aromatic N) is 2. The first-order valence-electron chi connectivity index (χ1n) is 7.54. The van der Waals surface area contributed by atoms with E-state index in [1.165, 1.54) is 30.3 Å². The van der Waals surface area contributed by atoms with Crippen LogP contribution in [-0.2, 0) is 16.2 Å². The van der Waals surface area contributed by atoms with Crippen LogP contribution in [0.2, 0.25) is 5.02 Å². The number of alkyl halides is 3. The fourth-order valence-corrected chi connectivity index (χ4v) is 3.44. The fraction of sp³-hybridized carbons (Fsp3) is 0.118. The summed E-state index contributed by atoms with van der Waals surface area (Å²) in [4.78, 5) is 3.34. The second-order valence-corrected chi connectivity index (χ2v) is 7.73. The number of aryl methyl sites for hydroxylation is 1. The Hall–Kier alpha value is -2.36. The van der Waals surface area contributed by atoms with Gasteiger partial charge in [0.15, 0.2) is 5.69 Å². The quantitative estimate of drug-likeness (QED) is 0.697. The maximum atomic E-state index is 13.2. The van der Waals surface area contributed by atoms with Crippen molar-refractivity contribution in [3.8, 4) is 17.1 Å². The number of hydrogen-bond donors (Lipinski definition) is 1. The van der Waals surface area contributed by atoms with Crippen LogP contribution in [0.25, 0.3) is 17.1 Å². The van der Waals surface area contributed by atoms with Crippen molar-refractivity contribution >= 4 is 21.6 Å². The zero-order chi connectivity index (χ0) is 20.0. The van der Waals surface area contributed by atoms with Gasteiger partial charge in [0.2, 0.25) is 10.0 Å². The second kappa shape index (κ2) is 6.66. The molecule has 0 saturated carbocycles. The van der Waals surface area contributed by atoms with Crippen LogP contribution in [0.4, 0.5) is 13.2 Å². The summed E-state index contributed by atoms with van der Waals surface area (Å²) in [5.74, 6) is -0.111. The van der Waals surface area contributed by atoms with E-state index in [1.54, 1.807) is 19.1 Å². The van der Waals surface area contributed by atoms with Gasteiger partial charge in [0.05, 0.1) is 5.69 Å². The van der Waals surface area contributed by atoms with Crippen molar-refractivity contribution in [3.63, 3.8) is 0 Å². The summed E-state index contributed by atoms with van der Waals surface area (Å²) in [6, 6.07) is 10.1. The van der Waals surface area contributed by atoms with E-state index in [4.69, 9.17) is 16.7 Å². The van der Waals surface area contributed by atoms with Crippen LogP contribution in [0.5, 0.6) is 0 Å². The Morgan fingerprint density at radius 3 is 2.41 bits per heavy atom. The minimum absolute atomic E-state index is 0.0466. The van der Waals surface area contributed by atoms with Crippen LogP contribution < -0.4 is 5.14 Å². The molecule has 0 saturated heterocycles. The van der Waals surface area contributed by atoms with E-state index in [-0.39, 0.29) is 16.4 Å². The summed E-state index contributed by atoms with van der Waals surface area (Å²) in [6.07, 6.45) is -3.99. The van der Waals surface area contributed by atoms with Gasteiger partial charge in [-0.25, -0.2) is 18.5 Å². The number of primary sulfonamides is 1. The predicted molar refractivity (Wildman–Crippen MR) is 95.1 cm³/mol. The molecular formula is C17H13ClF3N3O2S. The Kier molecular flexibility index (Phi) is 4.79. The van der Waals surface area contributed by atoms with Crippen molar-refractivity contribution in [2.75, 3.05) is 0 Å². The highest BCUT2D eigenvalue weighted by molar-refractivity contribution is 7.89.